The summed E-state index contributed by atoms with van der Waals surface area (Å²) in [5.74, 6) is 0. The van der Waals surface area contributed by atoms with Gasteiger partial charge < -0.3 is 14.6 Å². The molecule has 0 radical (unpaired) electrons. The Kier molecular flexibility index (Phi) is 9.91. The van der Waals surface area contributed by atoms with E-state index in [1.807, 2.05) is 0 Å². The van der Waals surface area contributed by atoms with E-state index < -0.39 is 0 Å². The van der Waals surface area contributed by atoms with Crippen LogP contribution in [0.15, 0.2) is 180 Å². The predicted octanol–water partition coefficient (Wildman–Crippen LogP) is 16.6. The molecule has 0 saturated heterocycles. The minimum absolute atomic E-state index is 0.0627. The number of nitrogens with one attached hydrogen (secondary N) is 1. The van der Waals surface area contributed by atoms with Gasteiger partial charge in [-0.3, -0.25) is 0 Å². The van der Waals surface area contributed by atoms with Crippen molar-refractivity contribution in [2.24, 2.45) is 0 Å². The number of anilines is 5. The van der Waals surface area contributed by atoms with Crippen LogP contribution in [-0.4, -0.2) is 7.28 Å². The average molecular weight is 895 g/mol. The number of hydrogen-bond donors (Lipinski definition) is 1. The zero-order chi connectivity index (χ0) is 47.4. The molecule has 0 fully saturated rings. The van der Waals surface area contributed by atoms with Crippen LogP contribution in [0.3, 0.4) is 0 Å². The van der Waals surface area contributed by atoms with E-state index in [9.17, 15) is 0 Å². The van der Waals surface area contributed by atoms with Crippen LogP contribution in [0.5, 0.6) is 0 Å². The highest BCUT2D eigenvalue weighted by Gasteiger charge is 2.38. The lowest BCUT2D eigenvalue weighted by atomic mass is 9.57. The summed E-state index contributed by atoms with van der Waals surface area (Å²) >= 11 is 0. The van der Waals surface area contributed by atoms with Crippen LogP contribution in [0.2, 0.25) is 0 Å². The zero-order valence-electron chi connectivity index (χ0n) is 41.2. The Balaban J connectivity index is 1.13. The van der Waals surface area contributed by atoms with Gasteiger partial charge in [0.2, 0.25) is 0 Å². The molecule has 12 rings (SSSR count). The highest BCUT2D eigenvalue weighted by atomic mass is 16.3. The molecule has 3 nitrogen and oxygen atoms in total. The lowest BCUT2D eigenvalue weighted by Crippen LogP contribution is -2.41. The van der Waals surface area contributed by atoms with E-state index >= 15 is 0 Å². The minimum atomic E-state index is 0.0627. The second kappa shape index (κ2) is 15.9. The number of fused-ring (bicyclic) bond motifs is 7. The van der Waals surface area contributed by atoms with Crippen molar-refractivity contribution in [1.82, 2.24) is 0 Å². The quantitative estimate of drug-likeness (QED) is 0.169. The molecule has 1 aliphatic carbocycles. The van der Waals surface area contributed by atoms with Gasteiger partial charge in [0.05, 0.1) is 0 Å². The van der Waals surface area contributed by atoms with E-state index in [0.717, 1.165) is 47.6 Å². The Bertz CT molecular complexity index is 3650. The monoisotopic (exact) mass is 894 g/mol. The van der Waals surface area contributed by atoms with Crippen molar-refractivity contribution in [1.29, 1.82) is 0 Å². The third-order valence-corrected chi connectivity index (χ3v) is 15.6. The van der Waals surface area contributed by atoms with Gasteiger partial charge in [0.1, 0.15) is 11.2 Å². The van der Waals surface area contributed by atoms with E-state index in [1.165, 1.54) is 100 Å². The molecule has 69 heavy (non-hydrogen) atoms. The number of furan rings is 1. The van der Waals surface area contributed by atoms with Crippen molar-refractivity contribution >= 4 is 79.4 Å². The van der Waals surface area contributed by atoms with E-state index in [0.29, 0.717) is 0 Å². The van der Waals surface area contributed by atoms with Crippen molar-refractivity contribution in [3.8, 4) is 33.4 Å². The van der Waals surface area contributed by atoms with Crippen LogP contribution in [0.25, 0.3) is 66.1 Å². The fraction of sp³-hybridized carbons (Fsp3) is 0.200. The molecule has 9 aromatic carbocycles. The molecule has 338 valence electrons. The Morgan fingerprint density at radius 3 is 1.80 bits per heavy atom. The van der Waals surface area contributed by atoms with Gasteiger partial charge in [0.25, 0.3) is 0 Å². The number of rotatable bonds is 6. The largest absolute Gasteiger partial charge is 0.456 e. The van der Waals surface area contributed by atoms with E-state index in [-0.39, 0.29) is 16.2 Å². The Labute approximate surface area is 408 Å². The van der Waals surface area contributed by atoms with Crippen LogP contribution in [0, 0.1) is 6.92 Å². The van der Waals surface area contributed by atoms with Crippen molar-refractivity contribution in [2.45, 2.75) is 84.5 Å². The molecule has 0 spiro atoms. The molecule has 0 bridgehead atoms. The maximum atomic E-state index is 7.02. The molecule has 1 aliphatic heterocycles. The fourth-order valence-electron chi connectivity index (χ4n) is 11.4. The molecule has 4 heteroatoms. The van der Waals surface area contributed by atoms with Crippen LogP contribution in [-0.2, 0) is 16.2 Å². The molecule has 10 aromatic rings. The van der Waals surface area contributed by atoms with Crippen molar-refractivity contribution in [3.05, 3.63) is 198 Å². The molecule has 0 atom stereocenters. The van der Waals surface area contributed by atoms with Crippen molar-refractivity contribution in [2.75, 3.05) is 10.2 Å². The summed E-state index contributed by atoms with van der Waals surface area (Å²) < 4.78 is 7.02. The van der Waals surface area contributed by atoms with Gasteiger partial charge in [-0.15, -0.1) is 0 Å². The normalized spacial score (nSPS) is 14.9. The Hall–Kier alpha value is -7.30. The lowest BCUT2D eigenvalue weighted by molar-refractivity contribution is 0.332. The Morgan fingerprint density at radius 2 is 1.13 bits per heavy atom. The molecular weight excluding hydrogens is 836 g/mol. The van der Waals surface area contributed by atoms with Gasteiger partial charge >= 0.3 is 0 Å². The van der Waals surface area contributed by atoms with E-state index in [4.69, 9.17) is 4.42 Å². The maximum Gasteiger partial charge on any atom is 0.198 e. The van der Waals surface area contributed by atoms with Crippen molar-refractivity contribution < 1.29 is 4.42 Å². The second-order valence-electron chi connectivity index (χ2n) is 22.2. The molecule has 0 amide bonds. The first-order chi connectivity index (χ1) is 33.2. The summed E-state index contributed by atoms with van der Waals surface area (Å²) in [6.45, 7) is 18.7. The average Bonchev–Trinajstić information content (AvgIpc) is 3.70. The number of nitrogens with zero attached hydrogens (tertiary/aromatic N) is 1. The van der Waals surface area contributed by atoms with Gasteiger partial charge in [-0.05, 0) is 163 Å². The fourth-order valence-corrected chi connectivity index (χ4v) is 11.4. The molecule has 2 heterocycles. The molecule has 1 N–H and O–H groups in total. The third-order valence-electron chi connectivity index (χ3n) is 15.6. The molecule has 0 unspecified atom stereocenters. The van der Waals surface area contributed by atoms with Gasteiger partial charge in [0.15, 0.2) is 7.28 Å². The van der Waals surface area contributed by atoms with Gasteiger partial charge in [0, 0.05) is 50.8 Å². The smallest absolute Gasteiger partial charge is 0.198 e. The van der Waals surface area contributed by atoms with Crippen LogP contribution in [0.4, 0.5) is 28.4 Å². The molecule has 2 aliphatic rings. The highest BCUT2D eigenvalue weighted by molar-refractivity contribution is 6.73. The van der Waals surface area contributed by atoms with Crippen LogP contribution in [0.1, 0.15) is 83.6 Å². The summed E-state index contributed by atoms with van der Waals surface area (Å²) in [5, 5.41) is 8.75. The molecule has 0 saturated carbocycles. The van der Waals surface area contributed by atoms with Crippen molar-refractivity contribution in [3.63, 3.8) is 0 Å². The minimum Gasteiger partial charge on any atom is -0.456 e. The number of aryl methyl sites for hydroxylation is 1. The highest BCUT2D eigenvalue weighted by Crippen LogP contribution is 2.50. The first-order valence-corrected chi connectivity index (χ1v) is 24.8. The van der Waals surface area contributed by atoms with Gasteiger partial charge in [-0.2, -0.15) is 0 Å². The Morgan fingerprint density at radius 1 is 0.522 bits per heavy atom. The van der Waals surface area contributed by atoms with E-state index in [1.54, 1.807) is 0 Å². The van der Waals surface area contributed by atoms with E-state index in [2.05, 4.69) is 242 Å². The molecule has 1 aromatic heterocycles. The first-order valence-electron chi connectivity index (χ1n) is 24.8. The summed E-state index contributed by atoms with van der Waals surface area (Å²) in [6.07, 6.45) is 2.33. The number of benzene rings is 9. The standard InChI is InChI=1S/C65H59BN2O/c1-40-31-45(41-17-11-9-12-18-41)23-28-57(40)68-58-39-61-51(50-36-53-54(38-60(50)69-61)65(7,8)30-29-64(53,5)6)37-55(58)66-62-52(33-46(35-59(62)68)42-19-13-10-14-20-42)49-32-43-21-15-16-22-44(43)34-56(49)67-48-26-24-47(25-27-48)63(2,3)4/h9-28,31-39,66-67H,29-30H2,1-8H3. The molecular formula is C65H59BN2O. The topological polar surface area (TPSA) is 28.4 Å². The maximum absolute atomic E-state index is 7.02. The third kappa shape index (κ3) is 7.44. The SMILES string of the molecule is Cc1cc(-c2ccccc2)ccc1N1c2cc3oc4cc5c(cc4c3cc2Bc2c(-c3cc4ccccc4cc3Nc3ccc(C(C)(C)C)cc3)cc(-c3ccccc3)cc21)C(C)(C)CCC5(C)C. The summed E-state index contributed by atoms with van der Waals surface area (Å²) in [4.78, 5) is 2.54. The number of hydrogen-bond acceptors (Lipinski definition) is 3. The van der Waals surface area contributed by atoms with Crippen LogP contribution >= 0.6 is 0 Å². The lowest BCUT2D eigenvalue weighted by Gasteiger charge is -2.41. The summed E-state index contributed by atoms with van der Waals surface area (Å²) in [6, 6.07) is 65.6. The first kappa shape index (κ1) is 43.0. The summed E-state index contributed by atoms with van der Waals surface area (Å²) in [5.41, 5.74) is 22.9. The van der Waals surface area contributed by atoms with Crippen LogP contribution < -0.4 is 21.1 Å². The zero-order valence-corrected chi connectivity index (χ0v) is 41.2. The predicted molar refractivity (Wildman–Crippen MR) is 297 cm³/mol. The van der Waals surface area contributed by atoms with Gasteiger partial charge in [-0.25, -0.2) is 0 Å². The summed E-state index contributed by atoms with van der Waals surface area (Å²) in [7, 11) is 0.755. The van der Waals surface area contributed by atoms with Gasteiger partial charge in [-0.1, -0.05) is 163 Å². The second-order valence-corrected chi connectivity index (χ2v) is 22.2.